The van der Waals surface area contributed by atoms with Gasteiger partial charge in [0.05, 0.1) is 38.8 Å². The van der Waals surface area contributed by atoms with Gasteiger partial charge in [0.25, 0.3) is 5.91 Å². The Kier molecular flexibility index (Phi) is 19.0. The minimum absolute atomic E-state index is 0.0367. The van der Waals surface area contributed by atoms with E-state index in [1.165, 1.54) is 0 Å². The molecular weight excluding hydrogens is 682 g/mol. The molecule has 0 aromatic heterocycles. The first-order valence-electron chi connectivity index (χ1n) is 16.5. The lowest BCUT2D eigenvalue weighted by Crippen LogP contribution is -2.49. The van der Waals surface area contributed by atoms with Crippen molar-refractivity contribution >= 4 is 41.6 Å². The van der Waals surface area contributed by atoms with Crippen molar-refractivity contribution in [3.8, 4) is 0 Å². The summed E-state index contributed by atoms with van der Waals surface area (Å²) in [7, 11) is 0. The van der Waals surface area contributed by atoms with E-state index < -0.39 is 73.8 Å². The van der Waals surface area contributed by atoms with Crippen molar-refractivity contribution in [3.63, 3.8) is 0 Å². The maximum absolute atomic E-state index is 12.9. The molecule has 0 spiro atoms. The summed E-state index contributed by atoms with van der Waals surface area (Å²) in [5, 5.41) is 39.3. The van der Waals surface area contributed by atoms with Crippen LogP contribution in [0.5, 0.6) is 0 Å². The van der Waals surface area contributed by atoms with Gasteiger partial charge in [-0.05, 0) is 36.0 Å². The summed E-state index contributed by atoms with van der Waals surface area (Å²) >= 11 is 0. The van der Waals surface area contributed by atoms with Gasteiger partial charge in [0.15, 0.2) is 0 Å². The molecule has 0 bridgehead atoms. The van der Waals surface area contributed by atoms with Crippen LogP contribution in [0.2, 0.25) is 0 Å². The molecule has 0 aliphatic heterocycles. The summed E-state index contributed by atoms with van der Waals surface area (Å²) < 4.78 is 0. The number of hydrogen-bond acceptors (Lipinski definition) is 11. The zero-order valence-corrected chi connectivity index (χ0v) is 28.7. The van der Waals surface area contributed by atoms with Crippen LogP contribution in [0.4, 0.5) is 0 Å². The number of aryl methyl sites for hydroxylation is 2. The predicted molar refractivity (Wildman–Crippen MR) is 185 cm³/mol. The van der Waals surface area contributed by atoms with Crippen molar-refractivity contribution < 1.29 is 54.0 Å². The number of rotatable bonds is 25. The fourth-order valence-corrected chi connectivity index (χ4v) is 4.95. The maximum Gasteiger partial charge on any atom is 0.317 e. The van der Waals surface area contributed by atoms with E-state index in [1.807, 2.05) is 30.3 Å². The van der Waals surface area contributed by atoms with E-state index in [9.17, 15) is 33.6 Å². The summed E-state index contributed by atoms with van der Waals surface area (Å²) in [6.07, 6.45) is 1.52. The number of carbonyl (C=O) groups excluding carboxylic acids is 3. The third kappa shape index (κ3) is 19.1. The number of hydrogen-bond donors (Lipinski definition) is 8. The largest absolute Gasteiger partial charge is 0.480 e. The van der Waals surface area contributed by atoms with Crippen LogP contribution >= 0.6 is 0 Å². The highest BCUT2D eigenvalue weighted by Crippen LogP contribution is 2.08. The van der Waals surface area contributed by atoms with Crippen LogP contribution in [0.1, 0.15) is 29.5 Å². The fraction of sp³-hybridized carbons (Fsp3) is 0.441. The first kappa shape index (κ1) is 42.7. The van der Waals surface area contributed by atoms with Crippen LogP contribution in [0.3, 0.4) is 0 Å². The lowest BCUT2D eigenvalue weighted by atomic mass is 10.1. The molecule has 0 aliphatic carbocycles. The smallest absolute Gasteiger partial charge is 0.317 e. The van der Waals surface area contributed by atoms with Crippen LogP contribution in [-0.4, -0.2) is 142 Å². The van der Waals surface area contributed by atoms with Crippen molar-refractivity contribution in [2.24, 2.45) is 5.73 Å². The number of nitrogens with zero attached hydrogens (tertiary/aromatic N) is 3. The first-order chi connectivity index (χ1) is 24.7. The molecule has 3 amide bonds. The minimum atomic E-state index is -1.24. The summed E-state index contributed by atoms with van der Waals surface area (Å²) in [6.45, 7) is -2.33. The number of carbonyl (C=O) groups is 7. The number of aliphatic carboxylic acids is 4. The minimum Gasteiger partial charge on any atom is -0.480 e. The molecule has 18 heteroatoms. The Hall–Kier alpha value is -5.43. The molecule has 0 saturated heterocycles. The Labute approximate surface area is 300 Å². The normalized spacial score (nSPS) is 11.6. The molecule has 0 saturated carbocycles. The van der Waals surface area contributed by atoms with Crippen LogP contribution in [0, 0.1) is 0 Å². The van der Waals surface area contributed by atoms with Gasteiger partial charge in [-0.1, -0.05) is 54.6 Å². The monoisotopic (exact) mass is 729 g/mol. The van der Waals surface area contributed by atoms with E-state index in [0.29, 0.717) is 19.3 Å². The zero-order chi connectivity index (χ0) is 38.5. The second-order valence-electron chi connectivity index (χ2n) is 12.0. The van der Waals surface area contributed by atoms with Crippen molar-refractivity contribution in [2.75, 3.05) is 58.9 Å². The van der Waals surface area contributed by atoms with Gasteiger partial charge < -0.3 is 31.5 Å². The average molecular weight is 730 g/mol. The van der Waals surface area contributed by atoms with E-state index in [4.69, 9.17) is 26.2 Å². The second kappa shape index (κ2) is 23.1. The van der Waals surface area contributed by atoms with Crippen LogP contribution < -0.4 is 21.9 Å². The van der Waals surface area contributed by atoms with E-state index in [2.05, 4.69) is 16.2 Å². The summed E-state index contributed by atoms with van der Waals surface area (Å²) in [4.78, 5) is 86.1. The number of carboxylic acid groups (broad SMARTS) is 4. The molecule has 9 N–H and O–H groups in total. The quantitative estimate of drug-likeness (QED) is 0.0546. The molecule has 0 fully saturated rings. The Balaban J connectivity index is 1.85. The van der Waals surface area contributed by atoms with E-state index in [-0.39, 0.29) is 45.7 Å². The highest BCUT2D eigenvalue weighted by Gasteiger charge is 2.20. The number of hydrazine groups is 1. The van der Waals surface area contributed by atoms with Gasteiger partial charge in [-0.2, -0.15) is 0 Å². The molecule has 0 heterocycles. The van der Waals surface area contributed by atoms with Crippen molar-refractivity contribution in [1.82, 2.24) is 30.9 Å². The van der Waals surface area contributed by atoms with Crippen LogP contribution in [0.25, 0.3) is 0 Å². The van der Waals surface area contributed by atoms with Gasteiger partial charge in [0, 0.05) is 39.1 Å². The average Bonchev–Trinajstić information content (AvgIpc) is 3.08. The van der Waals surface area contributed by atoms with Gasteiger partial charge in [0.2, 0.25) is 11.8 Å². The maximum atomic E-state index is 12.9. The van der Waals surface area contributed by atoms with Crippen molar-refractivity contribution in [1.29, 1.82) is 0 Å². The Morgan fingerprint density at radius 3 is 1.52 bits per heavy atom. The summed E-state index contributed by atoms with van der Waals surface area (Å²) in [6, 6.07) is 15.9. The van der Waals surface area contributed by atoms with Gasteiger partial charge >= 0.3 is 23.9 Å². The first-order valence-corrected chi connectivity index (χ1v) is 16.5. The van der Waals surface area contributed by atoms with E-state index in [1.54, 1.807) is 29.2 Å². The Morgan fingerprint density at radius 2 is 1.02 bits per heavy atom. The molecule has 1 atom stereocenters. The SMILES string of the molecule is N[C@H](CCc1ccccc1)C(=O)NNC(=O)CCc1ccc(CNC(=O)CN(CCN(CC(=O)O)CC(=O)O)CCN(CC(=O)O)CC(=O)O)cc1. The zero-order valence-electron chi connectivity index (χ0n) is 28.7. The highest BCUT2D eigenvalue weighted by molar-refractivity contribution is 5.85. The standard InChI is InChI=1S/C34H47N7O11/c35-27(12-10-24-4-2-1-3-5-24)34(52)38-37-28(42)13-11-25-6-8-26(9-7-25)18-36-29(43)19-39(14-16-40(20-30(44)45)21-31(46)47)15-17-41(22-32(48)49)23-33(50)51/h1-9,27H,10-23,35H2,(H,36,43)(H,37,42)(H,38,52)(H,44,45)(H,46,47)(H,48,49)(H,50,51)/t27-/m1/s1. The number of nitrogens with two attached hydrogens (primary N) is 1. The topological polar surface area (TPSA) is 272 Å². The third-order valence-corrected chi connectivity index (χ3v) is 7.67. The lowest BCUT2D eigenvalue weighted by Gasteiger charge is -2.28. The Morgan fingerprint density at radius 1 is 0.558 bits per heavy atom. The Bertz CT molecular complexity index is 1420. The van der Waals surface area contributed by atoms with Gasteiger partial charge in [-0.3, -0.25) is 59.1 Å². The molecule has 2 aromatic carbocycles. The third-order valence-electron chi connectivity index (χ3n) is 7.67. The van der Waals surface area contributed by atoms with Crippen molar-refractivity contribution in [2.45, 2.75) is 38.3 Å². The predicted octanol–water partition coefficient (Wildman–Crippen LogP) is -1.41. The fourth-order valence-electron chi connectivity index (χ4n) is 4.95. The molecule has 2 aromatic rings. The molecule has 284 valence electrons. The molecule has 18 nitrogen and oxygen atoms in total. The number of amides is 3. The molecule has 52 heavy (non-hydrogen) atoms. The number of nitrogens with one attached hydrogen (secondary N) is 3. The molecule has 0 radical (unpaired) electrons. The number of carboxylic acids is 4. The summed E-state index contributed by atoms with van der Waals surface area (Å²) in [5.41, 5.74) is 13.3. The van der Waals surface area contributed by atoms with Crippen LogP contribution in [-0.2, 0) is 52.9 Å². The summed E-state index contributed by atoms with van der Waals surface area (Å²) in [5.74, 6) is -6.29. The van der Waals surface area contributed by atoms with Crippen molar-refractivity contribution in [3.05, 3.63) is 71.3 Å². The van der Waals surface area contributed by atoms with Crippen LogP contribution in [0.15, 0.2) is 54.6 Å². The highest BCUT2D eigenvalue weighted by atomic mass is 16.4. The van der Waals surface area contributed by atoms with Gasteiger partial charge in [-0.25, -0.2) is 0 Å². The lowest BCUT2D eigenvalue weighted by molar-refractivity contribution is -0.143. The molecule has 2 rings (SSSR count). The van der Waals surface area contributed by atoms with Gasteiger partial charge in [0.1, 0.15) is 0 Å². The number of benzene rings is 2. The molecule has 0 aliphatic rings. The van der Waals surface area contributed by atoms with Gasteiger partial charge in [-0.15, -0.1) is 0 Å². The molecule has 0 unspecified atom stereocenters. The van der Waals surface area contributed by atoms with E-state index in [0.717, 1.165) is 26.5 Å². The molecular formula is C34H47N7O11. The van der Waals surface area contributed by atoms with E-state index >= 15 is 0 Å². The second-order valence-corrected chi connectivity index (χ2v) is 12.0.